The summed E-state index contributed by atoms with van der Waals surface area (Å²) in [6.45, 7) is 0. The van der Waals surface area contributed by atoms with Crippen LogP contribution in [0.2, 0.25) is 5.02 Å². The number of para-hydroxylation sites is 1. The molecule has 4 rings (SSSR count). The minimum Gasteiger partial charge on any atom is -0.387 e. The molecule has 2 aromatic carbocycles. The zero-order chi connectivity index (χ0) is 22.0. The van der Waals surface area contributed by atoms with E-state index in [1.807, 2.05) is 0 Å². The summed E-state index contributed by atoms with van der Waals surface area (Å²) in [5, 5.41) is 25.0. The number of aliphatic hydroxyl groups is 1. The first-order valence-electron chi connectivity index (χ1n) is 9.82. The molecule has 2 N–H and O–H groups in total. The van der Waals surface area contributed by atoms with Gasteiger partial charge in [0.25, 0.3) is 5.91 Å². The van der Waals surface area contributed by atoms with Crippen molar-refractivity contribution in [2.45, 2.75) is 43.5 Å². The molecule has 3 aromatic rings. The minimum absolute atomic E-state index is 0.0978. The van der Waals surface area contributed by atoms with Crippen LogP contribution in [0.3, 0.4) is 0 Å². The molecule has 1 fully saturated rings. The Labute approximate surface area is 182 Å². The van der Waals surface area contributed by atoms with Crippen molar-refractivity contribution in [3.63, 3.8) is 0 Å². The molecule has 1 aromatic heterocycles. The molecule has 1 aliphatic carbocycles. The number of aromatic nitrogens is 4. The number of hydrogen-bond donors (Lipinski definition) is 2. The molecule has 1 amide bonds. The average Bonchev–Trinajstić information content (AvgIpc) is 3.31. The Morgan fingerprint density at radius 2 is 1.97 bits per heavy atom. The van der Waals surface area contributed by atoms with Crippen molar-refractivity contribution in [2.75, 3.05) is 0 Å². The van der Waals surface area contributed by atoms with E-state index in [0.29, 0.717) is 5.69 Å². The fourth-order valence-electron chi connectivity index (χ4n) is 3.96. The Kier molecular flexibility index (Phi) is 5.97. The van der Waals surface area contributed by atoms with Gasteiger partial charge < -0.3 is 10.4 Å². The van der Waals surface area contributed by atoms with Gasteiger partial charge in [-0.3, -0.25) is 4.79 Å². The Balaban J connectivity index is 1.72. The van der Waals surface area contributed by atoms with Gasteiger partial charge in [0.15, 0.2) is 0 Å². The molecule has 1 aliphatic rings. The van der Waals surface area contributed by atoms with Crippen LogP contribution in [-0.4, -0.2) is 43.0 Å². The van der Waals surface area contributed by atoms with Gasteiger partial charge in [-0.05, 0) is 59.9 Å². The number of hydrogen-bond acceptors (Lipinski definition) is 5. The molecule has 10 heteroatoms. The number of tetrazole rings is 1. The third kappa shape index (κ3) is 4.28. The van der Waals surface area contributed by atoms with Crippen LogP contribution in [0.5, 0.6) is 0 Å². The van der Waals surface area contributed by atoms with Crippen LogP contribution in [0, 0.1) is 5.82 Å². The maximum absolute atomic E-state index is 14.2. The quantitative estimate of drug-likeness (QED) is 0.623. The lowest BCUT2D eigenvalue weighted by Crippen LogP contribution is -2.48. The molecular formula is C21H20ClF2N5O2. The second kappa shape index (κ2) is 8.68. The predicted molar refractivity (Wildman–Crippen MR) is 109 cm³/mol. The molecule has 0 aliphatic heterocycles. The largest absolute Gasteiger partial charge is 0.387 e. The molecule has 162 valence electrons. The van der Waals surface area contributed by atoms with Crippen LogP contribution < -0.4 is 5.32 Å². The summed E-state index contributed by atoms with van der Waals surface area (Å²) in [5.41, 5.74) is -0.585. The third-order valence-electron chi connectivity index (χ3n) is 5.63. The standard InChI is InChI=1S/C21H20ClF2N5O2/c22-18-15(5-3-6-16(18)24)19(21(31)10-8-13(23)9-11-21)26-20(30)14-4-1-2-7-17(14)29-12-25-27-28-29/h1-7,12-13,19,31H,8-11H2,(H,26,30). The monoisotopic (exact) mass is 447 g/mol. The molecule has 1 saturated carbocycles. The summed E-state index contributed by atoms with van der Waals surface area (Å²) in [4.78, 5) is 13.3. The molecule has 0 bridgehead atoms. The molecule has 31 heavy (non-hydrogen) atoms. The van der Waals surface area contributed by atoms with Crippen molar-refractivity contribution in [1.29, 1.82) is 0 Å². The Morgan fingerprint density at radius 1 is 1.23 bits per heavy atom. The number of nitrogens with one attached hydrogen (secondary N) is 1. The Morgan fingerprint density at radius 3 is 2.68 bits per heavy atom. The van der Waals surface area contributed by atoms with Crippen LogP contribution in [0.15, 0.2) is 48.8 Å². The zero-order valence-corrected chi connectivity index (χ0v) is 17.1. The van der Waals surface area contributed by atoms with E-state index in [0.717, 1.165) is 0 Å². The van der Waals surface area contributed by atoms with Gasteiger partial charge in [-0.1, -0.05) is 35.9 Å². The number of benzene rings is 2. The first kappa shape index (κ1) is 21.3. The number of nitrogens with zero attached hydrogens (tertiary/aromatic N) is 4. The van der Waals surface area contributed by atoms with E-state index in [4.69, 9.17) is 11.6 Å². The minimum atomic E-state index is -1.49. The van der Waals surface area contributed by atoms with Crippen LogP contribution >= 0.6 is 11.6 Å². The number of rotatable bonds is 5. The smallest absolute Gasteiger partial charge is 0.254 e. The van der Waals surface area contributed by atoms with Gasteiger partial charge in [0.05, 0.1) is 27.9 Å². The normalized spacial score (nSPS) is 22.1. The van der Waals surface area contributed by atoms with E-state index in [1.54, 1.807) is 30.3 Å². The summed E-state index contributed by atoms with van der Waals surface area (Å²) in [6.07, 6.45) is 0.790. The average molecular weight is 448 g/mol. The van der Waals surface area contributed by atoms with E-state index >= 15 is 0 Å². The molecule has 0 saturated heterocycles. The second-order valence-corrected chi connectivity index (χ2v) is 7.98. The topological polar surface area (TPSA) is 92.9 Å². The first-order chi connectivity index (χ1) is 14.9. The molecule has 1 unspecified atom stereocenters. The fraction of sp³-hybridized carbons (Fsp3) is 0.333. The number of amides is 1. The molecule has 1 heterocycles. The summed E-state index contributed by atoms with van der Waals surface area (Å²) >= 11 is 6.20. The van der Waals surface area contributed by atoms with Crippen LogP contribution in [-0.2, 0) is 0 Å². The van der Waals surface area contributed by atoms with E-state index in [9.17, 15) is 18.7 Å². The highest BCUT2D eigenvalue weighted by molar-refractivity contribution is 6.31. The van der Waals surface area contributed by atoms with Crippen molar-refractivity contribution >= 4 is 17.5 Å². The second-order valence-electron chi connectivity index (χ2n) is 7.60. The van der Waals surface area contributed by atoms with E-state index in [-0.39, 0.29) is 41.8 Å². The van der Waals surface area contributed by atoms with E-state index < -0.39 is 29.5 Å². The van der Waals surface area contributed by atoms with Gasteiger partial charge in [0.1, 0.15) is 18.3 Å². The van der Waals surface area contributed by atoms with Crippen LogP contribution in [0.4, 0.5) is 8.78 Å². The summed E-state index contributed by atoms with van der Waals surface area (Å²) in [7, 11) is 0. The molecule has 0 spiro atoms. The van der Waals surface area contributed by atoms with Crippen molar-refractivity contribution in [2.24, 2.45) is 0 Å². The number of carbonyl (C=O) groups excluding carboxylic acids is 1. The molecule has 0 radical (unpaired) electrons. The number of carbonyl (C=O) groups is 1. The summed E-state index contributed by atoms with van der Waals surface area (Å²) in [5.74, 6) is -1.21. The van der Waals surface area contributed by atoms with Crippen LogP contribution in [0.25, 0.3) is 5.69 Å². The van der Waals surface area contributed by atoms with Crippen LogP contribution in [0.1, 0.15) is 47.6 Å². The lowest BCUT2D eigenvalue weighted by molar-refractivity contribution is -0.0445. The Hall–Kier alpha value is -2.91. The zero-order valence-electron chi connectivity index (χ0n) is 16.4. The lowest BCUT2D eigenvalue weighted by Gasteiger charge is -2.41. The van der Waals surface area contributed by atoms with Crippen molar-refractivity contribution in [1.82, 2.24) is 25.5 Å². The van der Waals surface area contributed by atoms with Crippen molar-refractivity contribution < 1.29 is 18.7 Å². The summed E-state index contributed by atoms with van der Waals surface area (Å²) < 4.78 is 29.3. The maximum atomic E-state index is 14.2. The maximum Gasteiger partial charge on any atom is 0.254 e. The third-order valence-corrected chi connectivity index (χ3v) is 6.03. The number of halogens is 3. The van der Waals surface area contributed by atoms with Gasteiger partial charge >= 0.3 is 0 Å². The fourth-order valence-corrected chi connectivity index (χ4v) is 4.20. The summed E-state index contributed by atoms with van der Waals surface area (Å²) in [6, 6.07) is 9.80. The molecule has 1 atom stereocenters. The van der Waals surface area contributed by atoms with Gasteiger partial charge in [-0.25, -0.2) is 8.78 Å². The first-order valence-corrected chi connectivity index (χ1v) is 10.2. The molecule has 7 nitrogen and oxygen atoms in total. The highest BCUT2D eigenvalue weighted by atomic mass is 35.5. The van der Waals surface area contributed by atoms with Crippen molar-refractivity contribution in [3.8, 4) is 5.69 Å². The highest BCUT2D eigenvalue weighted by Crippen LogP contribution is 2.42. The SMILES string of the molecule is O=C(NC(c1cccc(F)c1Cl)C1(O)CCC(F)CC1)c1ccccc1-n1cnnn1. The van der Waals surface area contributed by atoms with E-state index in [1.165, 1.54) is 23.1 Å². The number of alkyl halides is 1. The van der Waals surface area contributed by atoms with Gasteiger partial charge in [-0.15, -0.1) is 5.10 Å². The highest BCUT2D eigenvalue weighted by Gasteiger charge is 2.43. The van der Waals surface area contributed by atoms with Crippen molar-refractivity contribution in [3.05, 3.63) is 70.8 Å². The van der Waals surface area contributed by atoms with E-state index in [2.05, 4.69) is 20.8 Å². The predicted octanol–water partition coefficient (Wildman–Crippen LogP) is 3.57. The van der Waals surface area contributed by atoms with Gasteiger partial charge in [0.2, 0.25) is 0 Å². The van der Waals surface area contributed by atoms with Gasteiger partial charge in [0, 0.05) is 0 Å². The molecular weight excluding hydrogens is 428 g/mol. The Bertz CT molecular complexity index is 1070. The lowest BCUT2D eigenvalue weighted by atomic mass is 9.76. The van der Waals surface area contributed by atoms with Gasteiger partial charge in [-0.2, -0.15) is 4.68 Å².